The summed E-state index contributed by atoms with van der Waals surface area (Å²) < 4.78 is 5.50. The Morgan fingerprint density at radius 3 is 2.91 bits per heavy atom. The smallest absolute Gasteiger partial charge is 0.191 e. The van der Waals surface area contributed by atoms with Crippen LogP contribution in [0.3, 0.4) is 0 Å². The number of halogens is 1. The SMILES string of the molecule is C=CCSCCNC(=NCC1(CCO)CCOC1)NCC.I. The van der Waals surface area contributed by atoms with Crippen LogP contribution in [-0.2, 0) is 4.74 Å². The summed E-state index contributed by atoms with van der Waals surface area (Å²) in [5.41, 5.74) is 0.00862. The highest BCUT2D eigenvalue weighted by molar-refractivity contribution is 14.0. The van der Waals surface area contributed by atoms with E-state index in [0.717, 1.165) is 50.0 Å². The second-order valence-corrected chi connectivity index (χ2v) is 6.41. The van der Waals surface area contributed by atoms with Gasteiger partial charge in [0.1, 0.15) is 0 Å². The lowest BCUT2D eigenvalue weighted by Crippen LogP contribution is -2.39. The van der Waals surface area contributed by atoms with Crippen LogP contribution in [0.5, 0.6) is 0 Å². The third-order valence-corrected chi connectivity index (χ3v) is 4.48. The Morgan fingerprint density at radius 1 is 1.50 bits per heavy atom. The van der Waals surface area contributed by atoms with Gasteiger partial charge in [-0.1, -0.05) is 6.08 Å². The van der Waals surface area contributed by atoms with Gasteiger partial charge in [-0.25, -0.2) is 0 Å². The first-order valence-electron chi connectivity index (χ1n) is 7.66. The number of nitrogens with one attached hydrogen (secondary N) is 2. The van der Waals surface area contributed by atoms with E-state index in [0.29, 0.717) is 13.2 Å². The van der Waals surface area contributed by atoms with Crippen LogP contribution < -0.4 is 10.6 Å². The average Bonchev–Trinajstić information content (AvgIpc) is 2.94. The summed E-state index contributed by atoms with van der Waals surface area (Å²) in [7, 11) is 0. The van der Waals surface area contributed by atoms with Crippen molar-refractivity contribution in [1.82, 2.24) is 10.6 Å². The first-order valence-corrected chi connectivity index (χ1v) is 8.81. The number of hydrogen-bond donors (Lipinski definition) is 3. The molecule has 0 radical (unpaired) electrons. The highest BCUT2D eigenvalue weighted by atomic mass is 127. The number of guanidine groups is 1. The number of thioether (sulfide) groups is 1. The Morgan fingerprint density at radius 2 is 2.32 bits per heavy atom. The molecule has 1 saturated heterocycles. The van der Waals surface area contributed by atoms with E-state index in [1.54, 1.807) is 0 Å². The van der Waals surface area contributed by atoms with Gasteiger partial charge < -0.3 is 20.5 Å². The maximum Gasteiger partial charge on any atom is 0.191 e. The van der Waals surface area contributed by atoms with Crippen LogP contribution in [-0.4, -0.2) is 62.0 Å². The standard InChI is InChI=1S/C15H29N3O2S.HI/c1-3-10-21-11-7-17-14(16-4-2)18-12-15(5-8-19)6-9-20-13-15;/h3,19H,1,4-13H2,2H3,(H2,16,17,18);1H. The van der Waals surface area contributed by atoms with Crippen molar-refractivity contribution in [1.29, 1.82) is 0 Å². The molecule has 7 heteroatoms. The highest BCUT2D eigenvalue weighted by Crippen LogP contribution is 2.32. The fraction of sp³-hybridized carbons (Fsp3) is 0.800. The van der Waals surface area contributed by atoms with Crippen molar-refractivity contribution >= 4 is 41.7 Å². The van der Waals surface area contributed by atoms with Crippen LogP contribution in [0.4, 0.5) is 0 Å². The molecule has 22 heavy (non-hydrogen) atoms. The first-order chi connectivity index (χ1) is 10.3. The van der Waals surface area contributed by atoms with Gasteiger partial charge in [-0.3, -0.25) is 4.99 Å². The molecule has 3 N–H and O–H groups in total. The number of aliphatic hydroxyl groups is 1. The van der Waals surface area contributed by atoms with Crippen molar-refractivity contribution in [3.05, 3.63) is 12.7 Å². The predicted octanol–water partition coefficient (Wildman–Crippen LogP) is 1.87. The number of ether oxygens (including phenoxy) is 1. The van der Waals surface area contributed by atoms with E-state index in [1.165, 1.54) is 0 Å². The van der Waals surface area contributed by atoms with Crippen LogP contribution in [0.2, 0.25) is 0 Å². The van der Waals surface area contributed by atoms with Gasteiger partial charge in [0.25, 0.3) is 0 Å². The van der Waals surface area contributed by atoms with E-state index >= 15 is 0 Å². The number of hydrogen-bond acceptors (Lipinski definition) is 4. The fourth-order valence-electron chi connectivity index (χ4n) is 2.28. The summed E-state index contributed by atoms with van der Waals surface area (Å²) in [5, 5.41) is 15.8. The third-order valence-electron chi connectivity index (χ3n) is 3.52. The fourth-order valence-corrected chi connectivity index (χ4v) is 2.86. The van der Waals surface area contributed by atoms with Crippen molar-refractivity contribution in [2.75, 3.05) is 51.0 Å². The van der Waals surface area contributed by atoms with Gasteiger partial charge in [0.15, 0.2) is 5.96 Å². The molecule has 130 valence electrons. The molecule has 0 aromatic carbocycles. The largest absolute Gasteiger partial charge is 0.396 e. The van der Waals surface area contributed by atoms with Gasteiger partial charge in [-0.15, -0.1) is 30.6 Å². The Balaban J connectivity index is 0.00000441. The molecule has 0 aromatic heterocycles. The van der Waals surface area contributed by atoms with Crippen LogP contribution in [0, 0.1) is 5.41 Å². The normalized spacial score (nSPS) is 21.3. The second-order valence-electron chi connectivity index (χ2n) is 5.26. The van der Waals surface area contributed by atoms with Gasteiger partial charge in [0.2, 0.25) is 0 Å². The Kier molecular flexibility index (Phi) is 13.5. The molecule has 0 saturated carbocycles. The molecule has 1 aliphatic rings. The van der Waals surface area contributed by atoms with Crippen LogP contribution in [0.25, 0.3) is 0 Å². The van der Waals surface area contributed by atoms with Crippen molar-refractivity contribution in [3.63, 3.8) is 0 Å². The molecule has 0 bridgehead atoms. The van der Waals surface area contributed by atoms with Gasteiger partial charge in [-0.2, -0.15) is 11.8 Å². The van der Waals surface area contributed by atoms with Gasteiger partial charge in [0, 0.05) is 43.2 Å². The quantitative estimate of drug-likeness (QED) is 0.158. The summed E-state index contributed by atoms with van der Waals surface area (Å²) >= 11 is 1.85. The minimum atomic E-state index is 0. The summed E-state index contributed by atoms with van der Waals surface area (Å²) in [5.74, 6) is 2.86. The number of nitrogens with zero attached hydrogens (tertiary/aromatic N) is 1. The van der Waals surface area contributed by atoms with Gasteiger partial charge >= 0.3 is 0 Å². The minimum Gasteiger partial charge on any atom is -0.396 e. The first kappa shape index (κ1) is 22.0. The van der Waals surface area contributed by atoms with E-state index in [4.69, 9.17) is 4.74 Å². The summed E-state index contributed by atoms with van der Waals surface area (Å²) in [6, 6.07) is 0. The van der Waals surface area contributed by atoms with E-state index < -0.39 is 0 Å². The Bertz CT molecular complexity index is 324. The Labute approximate surface area is 155 Å². The summed E-state index contributed by atoms with van der Waals surface area (Å²) in [4.78, 5) is 4.68. The second kappa shape index (κ2) is 13.4. The lowest BCUT2D eigenvalue weighted by atomic mass is 9.84. The van der Waals surface area contributed by atoms with Crippen molar-refractivity contribution < 1.29 is 9.84 Å². The molecule has 1 heterocycles. The van der Waals surface area contributed by atoms with Gasteiger partial charge in [-0.05, 0) is 19.8 Å². The molecular weight excluding hydrogens is 413 g/mol. The molecule has 0 aromatic rings. The molecule has 1 unspecified atom stereocenters. The van der Waals surface area contributed by atoms with E-state index in [2.05, 4.69) is 29.1 Å². The molecule has 1 atom stereocenters. The lowest BCUT2D eigenvalue weighted by Gasteiger charge is -2.24. The van der Waals surface area contributed by atoms with Crippen molar-refractivity contribution in [3.8, 4) is 0 Å². The average molecular weight is 443 g/mol. The highest BCUT2D eigenvalue weighted by Gasteiger charge is 2.34. The molecule has 0 amide bonds. The molecule has 0 spiro atoms. The minimum absolute atomic E-state index is 0. The van der Waals surface area contributed by atoms with Crippen LogP contribution in [0.15, 0.2) is 17.6 Å². The molecule has 1 fully saturated rings. The topological polar surface area (TPSA) is 65.9 Å². The number of rotatable bonds is 10. The maximum atomic E-state index is 9.24. The third kappa shape index (κ3) is 8.59. The predicted molar refractivity (Wildman–Crippen MR) is 106 cm³/mol. The van der Waals surface area contributed by atoms with E-state index in [-0.39, 0.29) is 36.0 Å². The maximum absolute atomic E-state index is 9.24. The summed E-state index contributed by atoms with van der Waals surface area (Å²) in [6.45, 7) is 9.87. The molecule has 1 rings (SSSR count). The van der Waals surface area contributed by atoms with E-state index in [1.807, 2.05) is 17.8 Å². The zero-order chi connectivity index (χ0) is 15.4. The van der Waals surface area contributed by atoms with E-state index in [9.17, 15) is 5.11 Å². The van der Waals surface area contributed by atoms with Crippen molar-refractivity contribution in [2.45, 2.75) is 19.8 Å². The van der Waals surface area contributed by atoms with Gasteiger partial charge in [0.05, 0.1) is 13.2 Å². The number of aliphatic imine (C=N–C) groups is 1. The molecule has 0 aliphatic carbocycles. The van der Waals surface area contributed by atoms with Crippen LogP contribution >= 0.6 is 35.7 Å². The lowest BCUT2D eigenvalue weighted by molar-refractivity contribution is 0.131. The molecular formula is C15H30IN3O2S. The summed E-state index contributed by atoms with van der Waals surface area (Å²) in [6.07, 6.45) is 3.65. The Hall–Kier alpha value is 0.0100. The zero-order valence-electron chi connectivity index (χ0n) is 13.5. The van der Waals surface area contributed by atoms with Crippen LogP contribution in [0.1, 0.15) is 19.8 Å². The van der Waals surface area contributed by atoms with Crippen molar-refractivity contribution in [2.24, 2.45) is 10.4 Å². The number of aliphatic hydroxyl groups excluding tert-OH is 1. The zero-order valence-corrected chi connectivity index (χ0v) is 16.6. The molecule has 5 nitrogen and oxygen atoms in total. The monoisotopic (exact) mass is 443 g/mol. The molecule has 1 aliphatic heterocycles.